The zero-order chi connectivity index (χ0) is 21.7. The van der Waals surface area contributed by atoms with Crippen molar-refractivity contribution >= 4 is 23.6 Å². The van der Waals surface area contributed by atoms with E-state index < -0.39 is 47.9 Å². The van der Waals surface area contributed by atoms with Gasteiger partial charge in [-0.15, -0.1) is 0 Å². The minimum atomic E-state index is -4.61. The van der Waals surface area contributed by atoms with Gasteiger partial charge in [0.15, 0.2) is 11.6 Å². The number of hydrogen-bond acceptors (Lipinski definition) is 4. The maximum atomic E-state index is 14.0. The Morgan fingerprint density at radius 1 is 1.21 bits per heavy atom. The number of carbonyl (C=O) groups excluding carboxylic acids is 2. The summed E-state index contributed by atoms with van der Waals surface area (Å²) in [7, 11) is 0. The Bertz CT molecular complexity index is 720. The molecule has 0 fully saturated rings. The van der Waals surface area contributed by atoms with Crippen LogP contribution in [-0.2, 0) is 4.74 Å². The van der Waals surface area contributed by atoms with Gasteiger partial charge in [-0.2, -0.15) is 13.2 Å². The van der Waals surface area contributed by atoms with E-state index in [1.165, 1.54) is 0 Å². The Hall–Kier alpha value is -2.23. The zero-order valence-corrected chi connectivity index (χ0v) is 16.4. The summed E-state index contributed by atoms with van der Waals surface area (Å²) < 4.78 is 60.9. The summed E-state index contributed by atoms with van der Waals surface area (Å²) in [5, 5.41) is 3.74. The fourth-order valence-corrected chi connectivity index (χ4v) is 2.09. The number of alkyl halides is 3. The highest BCUT2D eigenvalue weighted by molar-refractivity contribution is 6.33. The third-order valence-electron chi connectivity index (χ3n) is 2.97. The largest absolute Gasteiger partial charge is 0.488 e. The molecule has 0 spiro atoms. The van der Waals surface area contributed by atoms with E-state index in [9.17, 15) is 27.2 Å². The molecule has 158 valence electrons. The second-order valence-corrected chi connectivity index (χ2v) is 7.33. The van der Waals surface area contributed by atoms with Gasteiger partial charge >= 0.3 is 12.3 Å². The number of nitrogens with one attached hydrogen (secondary N) is 2. The minimum absolute atomic E-state index is 0.193. The average Bonchev–Trinajstić information content (AvgIpc) is 2.49. The molecule has 0 aliphatic heterocycles. The zero-order valence-electron chi connectivity index (χ0n) is 15.7. The maximum absolute atomic E-state index is 14.0. The van der Waals surface area contributed by atoms with Gasteiger partial charge < -0.3 is 20.1 Å². The summed E-state index contributed by atoms with van der Waals surface area (Å²) in [6, 6.07) is 1.06. The molecule has 0 heterocycles. The van der Waals surface area contributed by atoms with Gasteiger partial charge in [0.2, 0.25) is 0 Å². The van der Waals surface area contributed by atoms with Crippen molar-refractivity contribution in [3.05, 3.63) is 28.5 Å². The lowest BCUT2D eigenvalue weighted by atomic mass is 10.2. The number of hydrogen-bond donors (Lipinski definition) is 2. The highest BCUT2D eigenvalue weighted by Gasteiger charge is 2.28. The molecule has 1 rings (SSSR count). The molecule has 0 aliphatic rings. The van der Waals surface area contributed by atoms with E-state index in [-0.39, 0.29) is 17.2 Å². The lowest BCUT2D eigenvalue weighted by Gasteiger charge is -2.22. The fraction of sp³-hybridized carbons (Fsp3) is 0.529. The van der Waals surface area contributed by atoms with Crippen molar-refractivity contribution in [1.82, 2.24) is 10.6 Å². The van der Waals surface area contributed by atoms with Crippen molar-refractivity contribution in [3.63, 3.8) is 0 Å². The normalized spacial score (nSPS) is 12.9. The highest BCUT2D eigenvalue weighted by atomic mass is 35.5. The number of halogens is 5. The minimum Gasteiger partial charge on any atom is -0.488 e. The third-order valence-corrected chi connectivity index (χ3v) is 3.28. The lowest BCUT2D eigenvalue weighted by molar-refractivity contribution is -0.123. The molecule has 0 aromatic heterocycles. The first-order valence-corrected chi connectivity index (χ1v) is 8.52. The summed E-state index contributed by atoms with van der Waals surface area (Å²) in [6.45, 7) is 4.86. The highest BCUT2D eigenvalue weighted by Crippen LogP contribution is 2.26. The van der Waals surface area contributed by atoms with Crippen LogP contribution in [0.25, 0.3) is 0 Å². The van der Waals surface area contributed by atoms with Crippen LogP contribution in [0.4, 0.5) is 22.4 Å². The molecule has 1 atom stereocenters. The Morgan fingerprint density at radius 3 is 2.36 bits per heavy atom. The summed E-state index contributed by atoms with van der Waals surface area (Å²) in [6.07, 6.45) is -5.31. The van der Waals surface area contributed by atoms with Crippen LogP contribution in [0, 0.1) is 5.82 Å². The first kappa shape index (κ1) is 23.8. The van der Waals surface area contributed by atoms with Crippen molar-refractivity contribution in [2.24, 2.45) is 0 Å². The summed E-state index contributed by atoms with van der Waals surface area (Å²) in [4.78, 5) is 23.5. The Kier molecular flexibility index (Phi) is 7.92. The van der Waals surface area contributed by atoms with Crippen LogP contribution in [0.3, 0.4) is 0 Å². The number of alkyl carbamates (subject to hydrolysis) is 1. The van der Waals surface area contributed by atoms with E-state index in [2.05, 4.69) is 5.32 Å². The van der Waals surface area contributed by atoms with Gasteiger partial charge in [0.1, 0.15) is 18.8 Å². The molecule has 28 heavy (non-hydrogen) atoms. The number of amides is 2. The first-order chi connectivity index (χ1) is 12.7. The quantitative estimate of drug-likeness (QED) is 0.670. The molecule has 2 N–H and O–H groups in total. The van der Waals surface area contributed by atoms with Crippen LogP contribution in [0.15, 0.2) is 12.1 Å². The summed E-state index contributed by atoms with van der Waals surface area (Å²) in [5.41, 5.74) is -1.08. The monoisotopic (exact) mass is 428 g/mol. The molecular formula is C17H21ClF4N2O4. The number of rotatable bonds is 6. The van der Waals surface area contributed by atoms with Gasteiger partial charge in [0, 0.05) is 0 Å². The number of ether oxygens (including phenoxy) is 2. The summed E-state index contributed by atoms with van der Waals surface area (Å²) >= 11 is 5.73. The average molecular weight is 429 g/mol. The van der Waals surface area contributed by atoms with Crippen molar-refractivity contribution in [3.8, 4) is 5.75 Å². The first-order valence-electron chi connectivity index (χ1n) is 8.14. The predicted molar refractivity (Wildman–Crippen MR) is 94.1 cm³/mol. The summed E-state index contributed by atoms with van der Waals surface area (Å²) in [5.74, 6) is -2.45. The molecule has 0 aliphatic carbocycles. The van der Waals surface area contributed by atoms with E-state index in [1.807, 2.05) is 0 Å². The third kappa shape index (κ3) is 8.64. The molecule has 0 unspecified atom stereocenters. The lowest BCUT2D eigenvalue weighted by Crippen LogP contribution is -2.40. The van der Waals surface area contributed by atoms with Crippen LogP contribution in [0.2, 0.25) is 5.02 Å². The smallest absolute Gasteiger partial charge is 0.407 e. The second-order valence-electron chi connectivity index (χ2n) is 6.92. The van der Waals surface area contributed by atoms with E-state index >= 15 is 0 Å². The standard InChI is InChI=1S/C17H21ClF4N2O4/c1-9(24-15(26)28-16(2,3)4)7-27-13-5-10(11(18)6-12(13)19)14(25)23-8-17(20,21)22/h5-6,9H,7-8H2,1-4H3,(H,23,25)(H,24,26)/t9-/m1/s1. The molecular weight excluding hydrogens is 408 g/mol. The number of benzene rings is 1. The maximum Gasteiger partial charge on any atom is 0.407 e. The molecule has 2 amide bonds. The van der Waals surface area contributed by atoms with Gasteiger partial charge in [-0.1, -0.05) is 11.6 Å². The molecule has 11 heteroatoms. The van der Waals surface area contributed by atoms with Crippen LogP contribution < -0.4 is 15.4 Å². The van der Waals surface area contributed by atoms with Crippen LogP contribution in [-0.4, -0.2) is 43.0 Å². The van der Waals surface area contributed by atoms with E-state index in [0.717, 1.165) is 12.1 Å². The van der Waals surface area contributed by atoms with E-state index in [4.69, 9.17) is 21.1 Å². The van der Waals surface area contributed by atoms with Gasteiger partial charge in [-0.25, -0.2) is 9.18 Å². The fourth-order valence-electron chi connectivity index (χ4n) is 1.85. The Morgan fingerprint density at radius 2 is 1.82 bits per heavy atom. The van der Waals surface area contributed by atoms with E-state index in [0.29, 0.717) is 0 Å². The molecule has 1 aromatic carbocycles. The van der Waals surface area contributed by atoms with Crippen molar-refractivity contribution in [1.29, 1.82) is 0 Å². The number of carbonyl (C=O) groups is 2. The second kappa shape index (κ2) is 9.31. The van der Waals surface area contributed by atoms with Gasteiger partial charge in [0.25, 0.3) is 5.91 Å². The molecule has 0 saturated carbocycles. The Balaban J connectivity index is 2.75. The van der Waals surface area contributed by atoms with Crippen molar-refractivity contribution in [2.45, 2.75) is 45.5 Å². The topological polar surface area (TPSA) is 76.7 Å². The molecule has 0 saturated heterocycles. The Labute approximate surface area is 164 Å². The van der Waals surface area contributed by atoms with Crippen LogP contribution in [0.1, 0.15) is 38.1 Å². The molecule has 0 bridgehead atoms. The van der Waals surface area contributed by atoms with Crippen LogP contribution >= 0.6 is 11.6 Å². The van der Waals surface area contributed by atoms with Crippen molar-refractivity contribution < 1.29 is 36.6 Å². The molecule has 6 nitrogen and oxygen atoms in total. The molecule has 0 radical (unpaired) electrons. The van der Waals surface area contributed by atoms with Crippen molar-refractivity contribution in [2.75, 3.05) is 13.2 Å². The van der Waals surface area contributed by atoms with Gasteiger partial charge in [0.05, 0.1) is 16.6 Å². The molecule has 1 aromatic rings. The van der Waals surface area contributed by atoms with Crippen LogP contribution in [0.5, 0.6) is 5.75 Å². The van der Waals surface area contributed by atoms with E-state index in [1.54, 1.807) is 33.0 Å². The predicted octanol–water partition coefficient (Wildman–Crippen LogP) is 4.06. The van der Waals surface area contributed by atoms with Gasteiger partial charge in [-0.05, 0) is 39.8 Å². The van der Waals surface area contributed by atoms with Gasteiger partial charge in [-0.3, -0.25) is 4.79 Å². The SMILES string of the molecule is C[C@H](COc1cc(C(=O)NCC(F)(F)F)c(Cl)cc1F)NC(=O)OC(C)(C)C.